The summed E-state index contributed by atoms with van der Waals surface area (Å²) in [5.41, 5.74) is 0.896. The van der Waals surface area contributed by atoms with E-state index in [4.69, 9.17) is 9.47 Å². The van der Waals surface area contributed by atoms with Crippen LogP contribution in [0.5, 0.6) is 0 Å². The second-order valence-corrected chi connectivity index (χ2v) is 6.10. The van der Waals surface area contributed by atoms with Crippen LogP contribution in [-0.4, -0.2) is 36.2 Å². The van der Waals surface area contributed by atoms with Gasteiger partial charge in [-0.1, -0.05) is 42.5 Å². The number of hydrogen-bond donors (Lipinski definition) is 0. The van der Waals surface area contributed by atoms with E-state index in [-0.39, 0.29) is 18.6 Å². The summed E-state index contributed by atoms with van der Waals surface area (Å²) in [6, 6.07) is 8.66. The van der Waals surface area contributed by atoms with E-state index >= 15 is 0 Å². The van der Waals surface area contributed by atoms with Gasteiger partial charge in [-0.15, -0.1) is 13.2 Å². The number of nitrogens with zero attached hydrogens (tertiary/aromatic N) is 1. The number of amides is 1. The number of methoxy groups -OCH3 is 1. The zero-order valence-electron chi connectivity index (χ0n) is 14.6. The number of carbonyl (C=O) groups is 2. The van der Waals surface area contributed by atoms with Gasteiger partial charge >= 0.3 is 12.1 Å². The van der Waals surface area contributed by atoms with Gasteiger partial charge in [-0.25, -0.2) is 9.59 Å². The monoisotopic (exact) mass is 343 g/mol. The van der Waals surface area contributed by atoms with Gasteiger partial charge < -0.3 is 9.47 Å². The molecule has 2 rings (SSSR count). The summed E-state index contributed by atoms with van der Waals surface area (Å²) in [5.74, 6) is -0.291. The van der Waals surface area contributed by atoms with E-state index in [1.54, 1.807) is 6.08 Å². The van der Waals surface area contributed by atoms with Gasteiger partial charge in [-0.05, 0) is 30.7 Å². The maximum atomic E-state index is 12.7. The van der Waals surface area contributed by atoms with Gasteiger partial charge in [0, 0.05) is 6.04 Å². The minimum Gasteiger partial charge on any atom is -0.467 e. The summed E-state index contributed by atoms with van der Waals surface area (Å²) in [4.78, 5) is 26.4. The Bertz CT molecular complexity index is 613. The van der Waals surface area contributed by atoms with Gasteiger partial charge in [0.05, 0.1) is 7.11 Å². The van der Waals surface area contributed by atoms with Crippen molar-refractivity contribution in [3.8, 4) is 0 Å². The van der Waals surface area contributed by atoms with Gasteiger partial charge in [0.2, 0.25) is 0 Å². The molecule has 1 aromatic carbocycles. The molecule has 5 heteroatoms. The molecule has 0 unspecified atom stereocenters. The first kappa shape index (κ1) is 18.8. The molecule has 1 aliphatic heterocycles. The van der Waals surface area contributed by atoms with Crippen molar-refractivity contribution in [2.45, 2.75) is 38.0 Å². The zero-order valence-corrected chi connectivity index (χ0v) is 14.6. The maximum absolute atomic E-state index is 12.7. The van der Waals surface area contributed by atoms with Gasteiger partial charge in [-0.3, -0.25) is 4.90 Å². The molecule has 1 fully saturated rings. The first-order chi connectivity index (χ1) is 12.1. The average Bonchev–Trinajstić information content (AvgIpc) is 2.99. The first-order valence-electron chi connectivity index (χ1n) is 8.41. The number of hydrogen-bond acceptors (Lipinski definition) is 4. The van der Waals surface area contributed by atoms with Crippen molar-refractivity contribution in [3.63, 3.8) is 0 Å². The van der Waals surface area contributed by atoms with E-state index in [9.17, 15) is 9.59 Å². The number of carbonyl (C=O) groups excluding carboxylic acids is 2. The van der Waals surface area contributed by atoms with Crippen LogP contribution in [-0.2, 0) is 20.9 Å². The SMILES string of the molecule is C=CC[C@H]1C[C@@H](C(=O)OC)N(C(=O)OCc2ccccc2)[C@H]1CC=C. The fraction of sp³-hybridized carbons (Fsp3) is 0.400. The largest absolute Gasteiger partial charge is 0.467 e. The molecular formula is C20H25NO4. The third-order valence-electron chi connectivity index (χ3n) is 4.53. The Morgan fingerprint density at radius 3 is 2.48 bits per heavy atom. The molecule has 5 nitrogen and oxygen atoms in total. The molecule has 0 radical (unpaired) electrons. The van der Waals surface area contributed by atoms with Crippen LogP contribution in [0.1, 0.15) is 24.8 Å². The predicted octanol–water partition coefficient (Wildman–Crippen LogP) is 3.71. The van der Waals surface area contributed by atoms with Gasteiger partial charge in [0.15, 0.2) is 0 Å². The highest BCUT2D eigenvalue weighted by Gasteiger charge is 2.47. The van der Waals surface area contributed by atoms with Crippen LogP contribution in [0.2, 0.25) is 0 Å². The Kier molecular flexibility index (Phi) is 6.81. The molecule has 1 aromatic rings. The standard InChI is InChI=1S/C20H25NO4/c1-4-9-16-13-18(19(22)24-3)21(17(16)10-5-2)20(23)25-14-15-11-7-6-8-12-15/h4-8,11-12,16-18H,1-2,9-10,13-14H2,3H3/t16-,17-,18-/m0/s1. The molecular weight excluding hydrogens is 318 g/mol. The Balaban J connectivity index is 2.17. The maximum Gasteiger partial charge on any atom is 0.411 e. The molecule has 0 aliphatic carbocycles. The van der Waals surface area contributed by atoms with Crippen LogP contribution < -0.4 is 0 Å². The molecule has 0 saturated carbocycles. The molecule has 134 valence electrons. The smallest absolute Gasteiger partial charge is 0.411 e. The molecule has 0 bridgehead atoms. The highest BCUT2D eigenvalue weighted by Crippen LogP contribution is 2.36. The van der Waals surface area contributed by atoms with Gasteiger partial charge in [0.1, 0.15) is 12.6 Å². The van der Waals surface area contributed by atoms with Crippen molar-refractivity contribution in [1.82, 2.24) is 4.90 Å². The summed E-state index contributed by atoms with van der Waals surface area (Å²) in [5, 5.41) is 0. The third kappa shape index (κ3) is 4.50. The van der Waals surface area contributed by atoms with E-state index < -0.39 is 18.1 Å². The lowest BCUT2D eigenvalue weighted by Crippen LogP contribution is -2.46. The summed E-state index contributed by atoms with van der Waals surface area (Å²) in [6.45, 7) is 7.72. The number of benzene rings is 1. The normalized spacial score (nSPS) is 22.3. The lowest BCUT2D eigenvalue weighted by atomic mass is 9.93. The van der Waals surface area contributed by atoms with E-state index in [0.717, 1.165) is 5.56 Å². The zero-order chi connectivity index (χ0) is 18.2. The fourth-order valence-corrected chi connectivity index (χ4v) is 3.36. The number of ether oxygens (including phenoxy) is 2. The van der Waals surface area contributed by atoms with E-state index in [1.165, 1.54) is 12.0 Å². The molecule has 0 N–H and O–H groups in total. The van der Waals surface area contributed by atoms with Crippen molar-refractivity contribution < 1.29 is 19.1 Å². The highest BCUT2D eigenvalue weighted by atomic mass is 16.6. The number of allylic oxidation sites excluding steroid dienone is 1. The summed E-state index contributed by atoms with van der Waals surface area (Å²) in [6.07, 6.45) is 4.92. The second kappa shape index (κ2) is 9.06. The summed E-state index contributed by atoms with van der Waals surface area (Å²) in [7, 11) is 1.33. The summed E-state index contributed by atoms with van der Waals surface area (Å²) >= 11 is 0. The minimum absolute atomic E-state index is 0.129. The Morgan fingerprint density at radius 1 is 1.20 bits per heavy atom. The molecule has 1 amide bonds. The van der Waals surface area contributed by atoms with Crippen molar-refractivity contribution in [2.75, 3.05) is 7.11 Å². The van der Waals surface area contributed by atoms with E-state index in [0.29, 0.717) is 19.3 Å². The van der Waals surface area contributed by atoms with Crippen molar-refractivity contribution in [1.29, 1.82) is 0 Å². The summed E-state index contributed by atoms with van der Waals surface area (Å²) < 4.78 is 10.3. The molecule has 1 aliphatic rings. The molecule has 25 heavy (non-hydrogen) atoms. The van der Waals surface area contributed by atoms with Crippen molar-refractivity contribution in [2.24, 2.45) is 5.92 Å². The first-order valence-corrected chi connectivity index (χ1v) is 8.41. The Hall–Kier alpha value is -2.56. The average molecular weight is 343 g/mol. The number of likely N-dealkylation sites (tertiary alicyclic amines) is 1. The van der Waals surface area contributed by atoms with Crippen LogP contribution in [0.15, 0.2) is 55.6 Å². The Labute approximate surface area is 148 Å². The lowest BCUT2D eigenvalue weighted by Gasteiger charge is -2.29. The fourth-order valence-electron chi connectivity index (χ4n) is 3.36. The van der Waals surface area contributed by atoms with Crippen molar-refractivity contribution >= 4 is 12.1 Å². The quantitative estimate of drug-likeness (QED) is 0.559. The van der Waals surface area contributed by atoms with Crippen LogP contribution in [0.3, 0.4) is 0 Å². The highest BCUT2D eigenvalue weighted by molar-refractivity contribution is 5.82. The van der Waals surface area contributed by atoms with Gasteiger partial charge in [-0.2, -0.15) is 0 Å². The van der Waals surface area contributed by atoms with E-state index in [2.05, 4.69) is 13.2 Å². The lowest BCUT2D eigenvalue weighted by molar-refractivity contribution is -0.145. The van der Waals surface area contributed by atoms with E-state index in [1.807, 2.05) is 36.4 Å². The molecule has 1 saturated heterocycles. The minimum atomic E-state index is -0.636. The van der Waals surface area contributed by atoms with Crippen LogP contribution in [0.25, 0.3) is 0 Å². The third-order valence-corrected chi connectivity index (χ3v) is 4.53. The Morgan fingerprint density at radius 2 is 1.88 bits per heavy atom. The molecule has 3 atom stereocenters. The number of rotatable bonds is 7. The molecule has 1 heterocycles. The van der Waals surface area contributed by atoms with Crippen molar-refractivity contribution in [3.05, 3.63) is 61.2 Å². The van der Waals surface area contributed by atoms with Gasteiger partial charge in [0.25, 0.3) is 0 Å². The van der Waals surface area contributed by atoms with Crippen LogP contribution in [0.4, 0.5) is 4.79 Å². The topological polar surface area (TPSA) is 55.8 Å². The molecule has 0 aromatic heterocycles. The van der Waals surface area contributed by atoms with Crippen LogP contribution >= 0.6 is 0 Å². The molecule has 0 spiro atoms. The predicted molar refractivity (Wildman–Crippen MR) is 95.8 cm³/mol. The second-order valence-electron chi connectivity index (χ2n) is 6.10. The van der Waals surface area contributed by atoms with Crippen LogP contribution in [0, 0.1) is 5.92 Å². The number of esters is 1.